The number of piperidine rings is 1. The van der Waals surface area contributed by atoms with Gasteiger partial charge in [-0.3, -0.25) is 4.79 Å². The van der Waals surface area contributed by atoms with E-state index in [1.807, 2.05) is 6.07 Å². The standard InChI is InChI=1S/C54H96NO7/c1-6-11-15-19-22-26-31-47(30-25-18-14-9-4)33-34-48-40-50(42-51(41-48)46-62-54(57)61-44-49-32-29-37-55(10-5)43-49)45-60-52(56)35-36-53(58-38-27-23-20-16-12-7-2)59-39-28-24-21-17-13-8-3/h15,40-42,47,49,53H,6-14,16-39,43-46H2,1-5H3. The Bertz CT molecular complexity index is 1190. The fraction of sp³-hybridized carbons (Fsp3) is 0.833. The highest BCUT2D eigenvalue weighted by atomic mass is 16.7. The van der Waals surface area contributed by atoms with Gasteiger partial charge >= 0.3 is 12.1 Å². The fourth-order valence-corrected chi connectivity index (χ4v) is 8.71. The zero-order valence-corrected chi connectivity index (χ0v) is 41.0. The van der Waals surface area contributed by atoms with Gasteiger partial charge in [0.25, 0.3) is 0 Å². The number of unbranched alkanes of at least 4 members (excludes halogenated alkanes) is 18. The molecule has 0 amide bonds. The van der Waals surface area contributed by atoms with E-state index in [2.05, 4.69) is 58.1 Å². The molecule has 1 fully saturated rings. The smallest absolute Gasteiger partial charge is 0.461 e. The summed E-state index contributed by atoms with van der Waals surface area (Å²) in [4.78, 5) is 28.4. The molecule has 2 unspecified atom stereocenters. The summed E-state index contributed by atoms with van der Waals surface area (Å²) in [5.41, 5.74) is 3.02. The van der Waals surface area contributed by atoms with Crippen LogP contribution in [0.1, 0.15) is 231 Å². The normalized spacial score (nSPS) is 15.0. The highest BCUT2D eigenvalue weighted by molar-refractivity contribution is 5.69. The van der Waals surface area contributed by atoms with Gasteiger partial charge in [-0.05, 0) is 86.7 Å². The lowest BCUT2D eigenvalue weighted by Gasteiger charge is -2.31. The average Bonchev–Trinajstić information content (AvgIpc) is 3.29. The molecule has 1 radical (unpaired) electrons. The van der Waals surface area contributed by atoms with Gasteiger partial charge in [-0.1, -0.05) is 182 Å². The minimum Gasteiger partial charge on any atom is -0.461 e. The van der Waals surface area contributed by atoms with Crippen LogP contribution in [-0.2, 0) is 48.1 Å². The van der Waals surface area contributed by atoms with Crippen LogP contribution in [0.4, 0.5) is 4.79 Å². The molecule has 0 aromatic heterocycles. The Hall–Kier alpha value is -2.16. The Labute approximate surface area is 382 Å². The molecule has 0 N–H and O–H groups in total. The fourth-order valence-electron chi connectivity index (χ4n) is 8.71. The van der Waals surface area contributed by atoms with Gasteiger partial charge in [-0.2, -0.15) is 0 Å². The Morgan fingerprint density at radius 3 is 1.84 bits per heavy atom. The molecule has 0 aliphatic carbocycles. The lowest BCUT2D eigenvalue weighted by Crippen LogP contribution is -2.37. The second kappa shape index (κ2) is 39.2. The van der Waals surface area contributed by atoms with Crippen molar-refractivity contribution >= 4 is 12.1 Å². The summed E-state index contributed by atoms with van der Waals surface area (Å²) in [5, 5.41) is 0. The van der Waals surface area contributed by atoms with Gasteiger partial charge in [-0.15, -0.1) is 0 Å². The van der Waals surface area contributed by atoms with Crippen LogP contribution in [-0.4, -0.2) is 62.8 Å². The van der Waals surface area contributed by atoms with E-state index in [9.17, 15) is 9.59 Å². The number of carbonyl (C=O) groups excluding carboxylic acids is 2. The average molecular weight is 871 g/mol. The topological polar surface area (TPSA) is 83.5 Å². The van der Waals surface area contributed by atoms with E-state index in [0.29, 0.717) is 38.1 Å². The quantitative estimate of drug-likeness (QED) is 0.0365. The van der Waals surface area contributed by atoms with Gasteiger partial charge in [0, 0.05) is 32.1 Å². The molecule has 8 nitrogen and oxygen atoms in total. The van der Waals surface area contributed by atoms with Crippen LogP contribution in [0.5, 0.6) is 0 Å². The molecule has 62 heavy (non-hydrogen) atoms. The Kier molecular flexibility index (Phi) is 35.4. The van der Waals surface area contributed by atoms with Crippen molar-refractivity contribution in [1.82, 2.24) is 4.90 Å². The van der Waals surface area contributed by atoms with E-state index in [1.165, 1.54) is 128 Å². The third-order valence-electron chi connectivity index (χ3n) is 12.6. The number of benzene rings is 1. The van der Waals surface area contributed by atoms with E-state index in [-0.39, 0.29) is 25.6 Å². The third-order valence-corrected chi connectivity index (χ3v) is 12.6. The van der Waals surface area contributed by atoms with Crippen LogP contribution in [0.15, 0.2) is 18.2 Å². The van der Waals surface area contributed by atoms with Crippen LogP contribution >= 0.6 is 0 Å². The van der Waals surface area contributed by atoms with Crippen molar-refractivity contribution in [2.24, 2.45) is 11.8 Å². The Balaban J connectivity index is 2.05. The first-order valence-corrected chi connectivity index (χ1v) is 26.2. The maximum atomic E-state index is 13.2. The molecule has 8 heteroatoms. The number of nitrogens with zero attached hydrogens (tertiary/aromatic N) is 1. The van der Waals surface area contributed by atoms with Crippen molar-refractivity contribution in [2.45, 2.75) is 240 Å². The van der Waals surface area contributed by atoms with E-state index in [0.717, 1.165) is 82.1 Å². The van der Waals surface area contributed by atoms with E-state index >= 15 is 0 Å². The SMILES string of the molecule is CCC[CH]CCCCC(CCCCCC)CCc1cc(COC(=O)CCC(OCCCCCCCC)OCCCCCCCC)cc(COC(=O)OCC2CCCN(CC)C2)c1. The summed E-state index contributed by atoms with van der Waals surface area (Å²) in [6, 6.07) is 6.36. The van der Waals surface area contributed by atoms with Crippen LogP contribution in [0.25, 0.3) is 0 Å². The molecule has 1 aromatic carbocycles. The maximum absolute atomic E-state index is 13.2. The summed E-state index contributed by atoms with van der Waals surface area (Å²) in [6.07, 6.45) is 34.9. The first-order valence-electron chi connectivity index (χ1n) is 26.2. The van der Waals surface area contributed by atoms with Crippen molar-refractivity contribution < 1.29 is 33.3 Å². The molecule has 1 aliphatic rings. The van der Waals surface area contributed by atoms with Gasteiger partial charge in [0.05, 0.1) is 13.0 Å². The zero-order valence-electron chi connectivity index (χ0n) is 41.0. The highest BCUT2D eigenvalue weighted by Crippen LogP contribution is 2.25. The monoisotopic (exact) mass is 871 g/mol. The van der Waals surface area contributed by atoms with E-state index < -0.39 is 12.4 Å². The second-order valence-electron chi connectivity index (χ2n) is 18.4. The number of hydrogen-bond acceptors (Lipinski definition) is 8. The van der Waals surface area contributed by atoms with E-state index in [1.54, 1.807) is 0 Å². The van der Waals surface area contributed by atoms with Crippen molar-refractivity contribution in [3.8, 4) is 0 Å². The number of aryl methyl sites for hydroxylation is 1. The first-order chi connectivity index (χ1) is 30.4. The number of hydrogen-bond donors (Lipinski definition) is 0. The Morgan fingerprint density at radius 2 is 1.21 bits per heavy atom. The molecule has 1 aliphatic heterocycles. The minimum atomic E-state index is -0.618. The van der Waals surface area contributed by atoms with Gasteiger partial charge in [0.2, 0.25) is 0 Å². The molecule has 1 aromatic rings. The summed E-state index contributed by atoms with van der Waals surface area (Å²) < 4.78 is 29.6. The van der Waals surface area contributed by atoms with Gasteiger partial charge in [0.15, 0.2) is 6.29 Å². The van der Waals surface area contributed by atoms with Crippen LogP contribution in [0, 0.1) is 18.3 Å². The lowest BCUT2D eigenvalue weighted by atomic mass is 9.88. The first kappa shape index (κ1) is 56.0. The largest absolute Gasteiger partial charge is 0.508 e. The van der Waals surface area contributed by atoms with Crippen molar-refractivity contribution in [3.63, 3.8) is 0 Å². The zero-order chi connectivity index (χ0) is 44.7. The van der Waals surface area contributed by atoms with Gasteiger partial charge in [0.1, 0.15) is 13.2 Å². The summed E-state index contributed by atoms with van der Waals surface area (Å²) in [5.74, 6) is 0.789. The molecular weight excluding hydrogens is 775 g/mol. The number of esters is 1. The number of likely N-dealkylation sites (tertiary alicyclic amines) is 1. The number of carbonyl (C=O) groups is 2. The second-order valence-corrected chi connectivity index (χ2v) is 18.4. The number of rotatable bonds is 41. The molecule has 1 heterocycles. The maximum Gasteiger partial charge on any atom is 0.508 e. The van der Waals surface area contributed by atoms with Crippen LogP contribution < -0.4 is 0 Å². The van der Waals surface area contributed by atoms with Crippen LogP contribution in [0.3, 0.4) is 0 Å². The molecule has 359 valence electrons. The van der Waals surface area contributed by atoms with Crippen molar-refractivity contribution in [3.05, 3.63) is 41.3 Å². The van der Waals surface area contributed by atoms with E-state index in [4.69, 9.17) is 23.7 Å². The Morgan fingerprint density at radius 1 is 0.629 bits per heavy atom. The molecule has 2 rings (SSSR count). The molecule has 0 spiro atoms. The van der Waals surface area contributed by atoms with Crippen molar-refractivity contribution in [2.75, 3.05) is 39.5 Å². The minimum absolute atomic E-state index is 0.127. The summed E-state index contributed by atoms with van der Waals surface area (Å²) >= 11 is 0. The molecule has 1 saturated heterocycles. The molecule has 0 bridgehead atoms. The summed E-state index contributed by atoms with van der Waals surface area (Å²) in [6.45, 7) is 16.3. The van der Waals surface area contributed by atoms with Crippen LogP contribution in [0.2, 0.25) is 0 Å². The van der Waals surface area contributed by atoms with Gasteiger partial charge in [-0.25, -0.2) is 4.79 Å². The summed E-state index contributed by atoms with van der Waals surface area (Å²) in [7, 11) is 0. The lowest BCUT2D eigenvalue weighted by molar-refractivity contribution is -0.160. The molecule has 0 saturated carbocycles. The molecule has 2 atom stereocenters. The molecular formula is C54H96NO7. The third kappa shape index (κ3) is 30.1. The highest BCUT2D eigenvalue weighted by Gasteiger charge is 2.21. The predicted octanol–water partition coefficient (Wildman–Crippen LogP) is 15.1. The number of ether oxygens (including phenoxy) is 5. The van der Waals surface area contributed by atoms with Gasteiger partial charge < -0.3 is 28.6 Å². The predicted molar refractivity (Wildman–Crippen MR) is 257 cm³/mol. The van der Waals surface area contributed by atoms with Crippen molar-refractivity contribution in [1.29, 1.82) is 0 Å².